The zero-order valence-corrected chi connectivity index (χ0v) is 6.25. The fourth-order valence-corrected chi connectivity index (χ4v) is 0.846. The monoisotopic (exact) mass is 183 g/mol. The van der Waals surface area contributed by atoms with Crippen LogP contribution in [0.2, 0.25) is 5.32 Å². The van der Waals surface area contributed by atoms with E-state index in [9.17, 15) is 4.79 Å². The first-order valence-electron chi connectivity index (χ1n) is 2.27. The van der Waals surface area contributed by atoms with Crippen LogP contribution in [-0.2, 0) is 4.79 Å². The van der Waals surface area contributed by atoms with Crippen LogP contribution in [0.25, 0.3) is 0 Å². The van der Waals surface area contributed by atoms with Crippen LogP contribution in [0.1, 0.15) is 6.42 Å². The van der Waals surface area contributed by atoms with Gasteiger partial charge in [0.1, 0.15) is 0 Å². The van der Waals surface area contributed by atoms with Crippen molar-refractivity contribution < 1.29 is 9.90 Å². The molecule has 0 fully saturated rings. The molecular weight excluding hydrogens is 173 g/mol. The molecule has 0 aliphatic heterocycles. The molecule has 48 valence electrons. The molecule has 8 heavy (non-hydrogen) atoms. The van der Waals surface area contributed by atoms with Crippen LogP contribution in [-0.4, -0.2) is 33.1 Å². The van der Waals surface area contributed by atoms with Crippen molar-refractivity contribution in [3.05, 3.63) is 0 Å². The molecule has 0 aromatic heterocycles. The molecule has 0 aliphatic rings. The average molecular weight is 182 g/mol. The molecule has 0 unspecified atom stereocenters. The van der Waals surface area contributed by atoms with Gasteiger partial charge in [0, 0.05) is 0 Å². The van der Waals surface area contributed by atoms with Gasteiger partial charge in [-0.05, 0) is 0 Å². The Hall–Kier alpha value is -0.0505. The quantitative estimate of drug-likeness (QED) is 0.556. The Morgan fingerprint density at radius 2 is 2.38 bits per heavy atom. The molecule has 0 heterocycles. The second-order valence-corrected chi connectivity index (χ2v) is 2.40. The van der Waals surface area contributed by atoms with Crippen LogP contribution in [0.15, 0.2) is 0 Å². The van der Waals surface area contributed by atoms with Crippen LogP contribution in [0.5, 0.6) is 0 Å². The van der Waals surface area contributed by atoms with E-state index in [1.165, 1.54) is 0 Å². The fourth-order valence-electron chi connectivity index (χ4n) is 0.263. The molecule has 1 atom stereocenters. The molecule has 0 aliphatic carbocycles. The summed E-state index contributed by atoms with van der Waals surface area (Å²) in [6, 6.07) is -0.682. The summed E-state index contributed by atoms with van der Waals surface area (Å²) in [6.45, 7) is 0. The minimum absolute atomic E-state index is 0.537. The van der Waals surface area contributed by atoms with E-state index in [1.807, 2.05) is 0 Å². The topological polar surface area (TPSA) is 63.3 Å². The van der Waals surface area contributed by atoms with Crippen molar-refractivity contribution >= 4 is 22.0 Å². The van der Waals surface area contributed by atoms with E-state index in [-0.39, 0.29) is 0 Å². The van der Waals surface area contributed by atoms with Crippen molar-refractivity contribution in [2.24, 2.45) is 5.73 Å². The first kappa shape index (κ1) is 7.95. The number of carbonyl (C=O) groups is 1. The first-order valence-corrected chi connectivity index (χ1v) is 3.60. The normalized spacial score (nSPS) is 13.2. The van der Waals surface area contributed by atoms with Crippen LogP contribution >= 0.6 is 0 Å². The van der Waals surface area contributed by atoms with Crippen molar-refractivity contribution in [1.82, 2.24) is 0 Å². The summed E-state index contributed by atoms with van der Waals surface area (Å²) < 4.78 is 0. The third-order valence-corrected chi connectivity index (χ3v) is 1.30. The molecule has 0 spiro atoms. The summed E-state index contributed by atoms with van der Waals surface area (Å²) >= 11 is 2.30. The Bertz CT molecular complexity index is 86.1. The molecule has 0 amide bonds. The van der Waals surface area contributed by atoms with E-state index in [2.05, 4.69) is 16.0 Å². The number of hydrogen-bond donors (Lipinski definition) is 2. The van der Waals surface area contributed by atoms with Gasteiger partial charge in [-0.3, -0.25) is 0 Å². The molecule has 0 aromatic carbocycles. The summed E-state index contributed by atoms with van der Waals surface area (Å²) in [5, 5.41) is 8.95. The molecule has 0 saturated heterocycles. The number of carboxylic acids is 1. The van der Waals surface area contributed by atoms with Gasteiger partial charge in [-0.25, -0.2) is 0 Å². The molecule has 0 saturated carbocycles. The SMILES string of the molecule is N[C@@H](CC[SeH])C(=O)O. The van der Waals surface area contributed by atoms with E-state index < -0.39 is 12.0 Å². The molecule has 3 nitrogen and oxygen atoms in total. The van der Waals surface area contributed by atoms with Crippen molar-refractivity contribution in [3.63, 3.8) is 0 Å². The van der Waals surface area contributed by atoms with Gasteiger partial charge >= 0.3 is 55.4 Å². The second kappa shape index (κ2) is 3.89. The predicted octanol–water partition coefficient (Wildman–Crippen LogP) is -0.893. The Morgan fingerprint density at radius 1 is 1.88 bits per heavy atom. The Balaban J connectivity index is 3.32. The van der Waals surface area contributed by atoms with Crippen LogP contribution < -0.4 is 5.73 Å². The number of rotatable bonds is 3. The average Bonchev–Trinajstić information content (AvgIpc) is 1.67. The summed E-state index contributed by atoms with van der Waals surface area (Å²) in [5.41, 5.74) is 5.12. The zero-order valence-electron chi connectivity index (χ0n) is 4.37. The molecule has 0 bridgehead atoms. The molecule has 4 heteroatoms. The van der Waals surface area contributed by atoms with Crippen LogP contribution in [0, 0.1) is 0 Å². The Labute approximate surface area is 56.1 Å². The Kier molecular flexibility index (Phi) is 3.87. The minimum atomic E-state index is -0.920. The molecule has 3 N–H and O–H groups in total. The summed E-state index contributed by atoms with van der Waals surface area (Å²) in [5.74, 6) is -0.920. The number of nitrogens with two attached hydrogens (primary N) is 1. The van der Waals surface area contributed by atoms with E-state index in [1.54, 1.807) is 0 Å². The third-order valence-electron chi connectivity index (χ3n) is 0.757. The summed E-state index contributed by atoms with van der Waals surface area (Å²) in [7, 11) is 0. The molecular formula is C4H9NO2Se. The van der Waals surface area contributed by atoms with Crippen LogP contribution in [0.3, 0.4) is 0 Å². The Morgan fingerprint density at radius 3 is 2.50 bits per heavy atom. The predicted molar refractivity (Wildman–Crippen MR) is 32.2 cm³/mol. The standard InChI is InChI=1S/C4H9NO2Se/c5-3(1-2-8)4(6)7/h3,8H,1-2,5H2,(H,6,7)/t3-/m0/s1. The van der Waals surface area contributed by atoms with Gasteiger partial charge in [0.25, 0.3) is 0 Å². The van der Waals surface area contributed by atoms with Crippen molar-refractivity contribution in [1.29, 1.82) is 0 Å². The number of hydrogen-bond acceptors (Lipinski definition) is 2. The van der Waals surface area contributed by atoms with Gasteiger partial charge in [-0.15, -0.1) is 0 Å². The van der Waals surface area contributed by atoms with Crippen molar-refractivity contribution in [3.8, 4) is 0 Å². The maximum atomic E-state index is 9.96. The van der Waals surface area contributed by atoms with Gasteiger partial charge in [-0.2, -0.15) is 0 Å². The van der Waals surface area contributed by atoms with Crippen molar-refractivity contribution in [2.75, 3.05) is 0 Å². The maximum absolute atomic E-state index is 9.96. The number of carboxylic acid groups (broad SMARTS) is 1. The van der Waals surface area contributed by atoms with Gasteiger partial charge in [0.05, 0.1) is 0 Å². The van der Waals surface area contributed by atoms with Crippen LogP contribution in [0.4, 0.5) is 0 Å². The van der Waals surface area contributed by atoms with E-state index in [0.717, 1.165) is 5.32 Å². The zero-order chi connectivity index (χ0) is 6.57. The first-order chi connectivity index (χ1) is 3.68. The van der Waals surface area contributed by atoms with Crippen molar-refractivity contribution in [2.45, 2.75) is 17.8 Å². The molecule has 0 aromatic rings. The second-order valence-electron chi connectivity index (χ2n) is 1.46. The molecule has 0 rings (SSSR count). The van der Waals surface area contributed by atoms with E-state index in [4.69, 9.17) is 10.8 Å². The fraction of sp³-hybridized carbons (Fsp3) is 0.750. The summed E-state index contributed by atoms with van der Waals surface area (Å²) in [6.07, 6.45) is 0.537. The summed E-state index contributed by atoms with van der Waals surface area (Å²) in [4.78, 5) is 9.96. The number of aliphatic carboxylic acids is 1. The van der Waals surface area contributed by atoms with Gasteiger partial charge in [0.15, 0.2) is 0 Å². The molecule has 0 radical (unpaired) electrons. The van der Waals surface area contributed by atoms with Gasteiger partial charge in [0.2, 0.25) is 0 Å². The van der Waals surface area contributed by atoms with E-state index in [0.29, 0.717) is 6.42 Å². The van der Waals surface area contributed by atoms with Gasteiger partial charge in [-0.1, -0.05) is 0 Å². The van der Waals surface area contributed by atoms with Gasteiger partial charge < -0.3 is 0 Å². The third kappa shape index (κ3) is 3.02. The van der Waals surface area contributed by atoms with E-state index >= 15 is 0 Å².